The molecule has 4 heterocycles. The first-order valence-electron chi connectivity index (χ1n) is 11.9. The van der Waals surface area contributed by atoms with Crippen LogP contribution in [0.5, 0.6) is 5.75 Å². The lowest BCUT2D eigenvalue weighted by atomic mass is 10.1. The molecular formula is C26H16Cl2F6N6O5. The highest BCUT2D eigenvalue weighted by atomic mass is 35.5. The molecule has 4 N–H and O–H groups in total. The average Bonchev–Trinajstić information content (AvgIpc) is 3.32. The van der Waals surface area contributed by atoms with E-state index in [0.29, 0.717) is 33.0 Å². The summed E-state index contributed by atoms with van der Waals surface area (Å²) in [7, 11) is 0. The number of nitrogens with one attached hydrogen (secondary N) is 2. The van der Waals surface area contributed by atoms with Gasteiger partial charge in [-0.2, -0.15) is 31.6 Å². The van der Waals surface area contributed by atoms with Gasteiger partial charge in [0.25, 0.3) is 0 Å². The molecule has 3 aromatic heterocycles. The quantitative estimate of drug-likeness (QED) is 0.144. The molecule has 236 valence electrons. The Kier molecular flexibility index (Phi) is 10.5. The average molecular weight is 677 g/mol. The number of aromatic amines is 1. The summed E-state index contributed by atoms with van der Waals surface area (Å²) in [5, 5.41) is 27.3. The molecule has 0 bridgehead atoms. The molecule has 19 heteroatoms. The second-order valence-corrected chi connectivity index (χ2v) is 9.33. The third-order valence-corrected chi connectivity index (χ3v) is 5.94. The molecule has 1 aromatic carbocycles. The molecule has 1 aliphatic rings. The zero-order valence-corrected chi connectivity index (χ0v) is 23.6. The lowest BCUT2D eigenvalue weighted by Gasteiger charge is -2.11. The topological polar surface area (TPSA) is 174 Å². The van der Waals surface area contributed by atoms with E-state index in [0.717, 1.165) is 28.2 Å². The van der Waals surface area contributed by atoms with Crippen LogP contribution in [0.15, 0.2) is 48.9 Å². The molecule has 0 saturated heterocycles. The first-order chi connectivity index (χ1) is 20.9. The van der Waals surface area contributed by atoms with Crippen molar-refractivity contribution >= 4 is 46.6 Å². The van der Waals surface area contributed by atoms with Crippen LogP contribution in [0.25, 0.3) is 33.9 Å². The van der Waals surface area contributed by atoms with E-state index < -0.39 is 30.4 Å². The maximum Gasteiger partial charge on any atom is 0.490 e. The highest BCUT2D eigenvalue weighted by molar-refractivity contribution is 6.39. The van der Waals surface area contributed by atoms with E-state index in [2.05, 4.69) is 20.3 Å². The van der Waals surface area contributed by atoms with Crippen molar-refractivity contribution in [3.8, 4) is 45.7 Å². The third kappa shape index (κ3) is 8.52. The zero-order valence-electron chi connectivity index (χ0n) is 22.1. The van der Waals surface area contributed by atoms with E-state index in [-0.39, 0.29) is 0 Å². The number of rotatable bonds is 3. The number of carbonyl (C=O) groups is 2. The summed E-state index contributed by atoms with van der Waals surface area (Å²) >= 11 is 13.1. The van der Waals surface area contributed by atoms with Gasteiger partial charge >= 0.3 is 24.3 Å². The lowest BCUT2D eigenvalue weighted by molar-refractivity contribution is -0.193. The smallest absolute Gasteiger partial charge is 0.476 e. The number of alkyl halides is 6. The van der Waals surface area contributed by atoms with Crippen molar-refractivity contribution in [1.82, 2.24) is 19.9 Å². The van der Waals surface area contributed by atoms with E-state index in [1.807, 2.05) is 24.3 Å². The number of benzene rings is 1. The SMILES string of the molecule is CC(C#N)Oc1cc(Cl)c(-c2nc3c([nH]2)-c2ccncc2Nc2ncccc2-3)c(Cl)c1.O=C(O)C(F)(F)F.O=C(O)C(F)(F)F. The summed E-state index contributed by atoms with van der Waals surface area (Å²) in [4.78, 5) is 34.7. The molecule has 45 heavy (non-hydrogen) atoms. The van der Waals surface area contributed by atoms with E-state index >= 15 is 0 Å². The molecule has 0 amide bonds. The number of pyridine rings is 2. The fourth-order valence-electron chi connectivity index (χ4n) is 3.49. The van der Waals surface area contributed by atoms with Gasteiger partial charge in [-0.1, -0.05) is 23.2 Å². The van der Waals surface area contributed by atoms with Crippen molar-refractivity contribution < 1.29 is 50.9 Å². The molecule has 5 rings (SSSR count). The minimum absolute atomic E-state index is 0.357. The molecule has 1 aliphatic heterocycles. The van der Waals surface area contributed by atoms with Crippen LogP contribution in [-0.4, -0.2) is 60.5 Å². The zero-order chi connectivity index (χ0) is 33.7. The Balaban J connectivity index is 0.000000331. The highest BCUT2D eigenvalue weighted by Crippen LogP contribution is 2.45. The predicted molar refractivity (Wildman–Crippen MR) is 147 cm³/mol. The van der Waals surface area contributed by atoms with Crippen molar-refractivity contribution in [2.45, 2.75) is 25.4 Å². The van der Waals surface area contributed by atoms with Gasteiger partial charge in [-0.15, -0.1) is 0 Å². The molecule has 0 fully saturated rings. The van der Waals surface area contributed by atoms with Gasteiger partial charge in [-0.3, -0.25) is 4.98 Å². The highest BCUT2D eigenvalue weighted by Gasteiger charge is 2.39. The molecule has 4 aromatic rings. The Labute approximate surface area is 258 Å². The van der Waals surface area contributed by atoms with Crippen LogP contribution in [0.4, 0.5) is 37.8 Å². The number of ether oxygens (including phenoxy) is 1. The van der Waals surface area contributed by atoms with Crippen LogP contribution in [0.2, 0.25) is 10.0 Å². The number of fused-ring (bicyclic) bond motifs is 5. The third-order valence-electron chi connectivity index (χ3n) is 5.34. The number of carboxylic acids is 2. The standard InChI is InChI=1S/C22H14Cl2N6O.2C2HF3O2/c1-11(9-25)31-12-7-15(23)18(16(24)8-12)22-29-19-13-4-6-26-10-17(13)28-21-14(20(19)30-22)3-2-5-27-21;2*3-2(4,5)1(6)7/h2-8,10-11H,1H3,(H,27,28)(H,29,30);2*(H,6,7). The first-order valence-corrected chi connectivity index (χ1v) is 12.6. The summed E-state index contributed by atoms with van der Waals surface area (Å²) in [5.41, 5.74) is 4.62. The summed E-state index contributed by atoms with van der Waals surface area (Å²) in [6, 6.07) is 11.0. The van der Waals surface area contributed by atoms with Crippen molar-refractivity contribution in [2.75, 3.05) is 5.32 Å². The Hall–Kier alpha value is -5.08. The molecular weight excluding hydrogens is 661 g/mol. The second kappa shape index (κ2) is 13.7. The lowest BCUT2D eigenvalue weighted by Crippen LogP contribution is -2.21. The molecule has 1 unspecified atom stereocenters. The van der Waals surface area contributed by atoms with E-state index in [9.17, 15) is 26.3 Å². The molecule has 0 spiro atoms. The largest absolute Gasteiger partial charge is 0.490 e. The van der Waals surface area contributed by atoms with Crippen molar-refractivity contribution in [3.63, 3.8) is 0 Å². The second-order valence-electron chi connectivity index (χ2n) is 8.51. The number of halogens is 8. The van der Waals surface area contributed by atoms with Crippen LogP contribution >= 0.6 is 23.2 Å². The minimum Gasteiger partial charge on any atom is -0.476 e. The Bertz CT molecular complexity index is 1660. The molecule has 11 nitrogen and oxygen atoms in total. The van der Waals surface area contributed by atoms with Crippen molar-refractivity contribution in [2.24, 2.45) is 0 Å². The first kappa shape index (κ1) is 34.4. The van der Waals surface area contributed by atoms with Crippen molar-refractivity contribution in [1.29, 1.82) is 5.26 Å². The summed E-state index contributed by atoms with van der Waals surface area (Å²) < 4.78 is 69.0. The monoisotopic (exact) mass is 676 g/mol. The van der Waals surface area contributed by atoms with Gasteiger partial charge in [-0.05, 0) is 37.3 Å². The molecule has 0 aliphatic carbocycles. The normalized spacial score (nSPS) is 12.1. The minimum atomic E-state index is -5.08. The van der Waals surface area contributed by atoms with Gasteiger partial charge < -0.3 is 25.3 Å². The number of imidazole rings is 1. The Morgan fingerprint density at radius 1 is 1.00 bits per heavy atom. The van der Waals surface area contributed by atoms with Gasteiger partial charge in [0.1, 0.15) is 29.2 Å². The number of H-pyrrole nitrogens is 1. The van der Waals surface area contributed by atoms with Crippen LogP contribution in [0.3, 0.4) is 0 Å². The van der Waals surface area contributed by atoms with Crippen LogP contribution in [0, 0.1) is 11.3 Å². The van der Waals surface area contributed by atoms with E-state index in [1.165, 1.54) is 0 Å². The van der Waals surface area contributed by atoms with Gasteiger partial charge in [0, 0.05) is 23.5 Å². The number of nitriles is 1. The fraction of sp³-hybridized carbons (Fsp3) is 0.154. The number of hydrogen-bond donors (Lipinski definition) is 4. The number of carboxylic acid groups (broad SMARTS) is 2. The Morgan fingerprint density at radius 2 is 1.58 bits per heavy atom. The number of nitrogens with zero attached hydrogens (tertiary/aromatic N) is 4. The van der Waals surface area contributed by atoms with Crippen LogP contribution in [-0.2, 0) is 9.59 Å². The predicted octanol–water partition coefficient (Wildman–Crippen LogP) is 7.12. The van der Waals surface area contributed by atoms with Crippen molar-refractivity contribution in [3.05, 3.63) is 59.0 Å². The molecule has 0 saturated carbocycles. The Morgan fingerprint density at radius 3 is 2.11 bits per heavy atom. The summed E-state index contributed by atoms with van der Waals surface area (Å²) in [5.74, 6) is -3.91. The maximum atomic E-state index is 10.6. The van der Waals surface area contributed by atoms with Gasteiger partial charge in [0.05, 0.1) is 33.2 Å². The summed E-state index contributed by atoms with van der Waals surface area (Å²) in [6.07, 6.45) is -5.61. The number of hydrogen-bond acceptors (Lipinski definition) is 8. The number of aliphatic carboxylic acids is 2. The van der Waals surface area contributed by atoms with Crippen LogP contribution < -0.4 is 10.1 Å². The molecule has 1 atom stereocenters. The van der Waals surface area contributed by atoms with E-state index in [4.69, 9.17) is 58.0 Å². The maximum absolute atomic E-state index is 10.6. The number of aromatic nitrogens is 4. The fourth-order valence-corrected chi connectivity index (χ4v) is 4.14. The summed E-state index contributed by atoms with van der Waals surface area (Å²) in [6.45, 7) is 1.64. The molecule has 0 radical (unpaired) electrons. The van der Waals surface area contributed by atoms with E-state index in [1.54, 1.807) is 37.6 Å². The van der Waals surface area contributed by atoms with Gasteiger partial charge in [-0.25, -0.2) is 19.6 Å². The van der Waals surface area contributed by atoms with Gasteiger partial charge in [0.15, 0.2) is 6.10 Å². The van der Waals surface area contributed by atoms with Crippen LogP contribution in [0.1, 0.15) is 6.92 Å². The number of anilines is 2. The van der Waals surface area contributed by atoms with Gasteiger partial charge in [0.2, 0.25) is 0 Å².